The Morgan fingerprint density at radius 1 is 1.14 bits per heavy atom. The number of nitrogens with one attached hydrogen (secondary N) is 2. The van der Waals surface area contributed by atoms with Crippen LogP contribution < -0.4 is 10.6 Å². The van der Waals surface area contributed by atoms with Crippen LogP contribution in [0.15, 0.2) is 18.2 Å². The van der Waals surface area contributed by atoms with Gasteiger partial charge in [-0.1, -0.05) is 29.3 Å². The van der Waals surface area contributed by atoms with E-state index in [1.165, 1.54) is 11.1 Å². The van der Waals surface area contributed by atoms with E-state index in [1.807, 2.05) is 6.92 Å². The van der Waals surface area contributed by atoms with Crippen molar-refractivity contribution in [3.63, 3.8) is 0 Å². The van der Waals surface area contributed by atoms with E-state index in [-0.39, 0.29) is 24.2 Å². The smallest absolute Gasteiger partial charge is 0.315 e. The molecule has 1 saturated carbocycles. The van der Waals surface area contributed by atoms with Gasteiger partial charge < -0.3 is 15.7 Å². The third kappa shape index (κ3) is 4.74. The molecule has 3 N–H and O–H groups in total. The molecular weight excluding hydrogens is 264 g/mol. The fourth-order valence-corrected chi connectivity index (χ4v) is 2.99. The largest absolute Gasteiger partial charge is 0.393 e. The lowest BCUT2D eigenvalue weighted by Crippen LogP contribution is -2.44. The maximum atomic E-state index is 12.1. The molecule has 4 heteroatoms. The Kier molecular flexibility index (Phi) is 5.23. The molecule has 4 nitrogen and oxygen atoms in total. The average Bonchev–Trinajstić information content (AvgIpc) is 2.40. The van der Waals surface area contributed by atoms with E-state index in [0.717, 1.165) is 31.2 Å². The van der Waals surface area contributed by atoms with Crippen molar-refractivity contribution in [2.24, 2.45) is 0 Å². The molecule has 0 heterocycles. The van der Waals surface area contributed by atoms with Crippen molar-refractivity contribution in [3.05, 3.63) is 34.9 Å². The number of aliphatic hydroxyl groups is 1. The number of urea groups is 1. The molecule has 116 valence electrons. The zero-order valence-corrected chi connectivity index (χ0v) is 13.1. The number of hydrogen-bond donors (Lipinski definition) is 3. The summed E-state index contributed by atoms with van der Waals surface area (Å²) in [6.45, 7) is 6.13. The molecule has 1 aromatic rings. The maximum Gasteiger partial charge on any atom is 0.315 e. The van der Waals surface area contributed by atoms with Crippen LogP contribution in [0.3, 0.4) is 0 Å². The van der Waals surface area contributed by atoms with Crippen LogP contribution in [-0.2, 0) is 0 Å². The number of rotatable bonds is 3. The van der Waals surface area contributed by atoms with Gasteiger partial charge in [-0.25, -0.2) is 4.79 Å². The fourth-order valence-electron chi connectivity index (χ4n) is 2.99. The quantitative estimate of drug-likeness (QED) is 0.801. The van der Waals surface area contributed by atoms with Gasteiger partial charge in [-0.2, -0.15) is 0 Å². The first-order chi connectivity index (χ1) is 9.94. The average molecular weight is 290 g/mol. The summed E-state index contributed by atoms with van der Waals surface area (Å²) in [6.07, 6.45) is 3.06. The zero-order chi connectivity index (χ0) is 15.4. The lowest BCUT2D eigenvalue weighted by molar-refractivity contribution is 0.117. The first-order valence-electron chi connectivity index (χ1n) is 7.77. The third-order valence-corrected chi connectivity index (χ3v) is 4.12. The Morgan fingerprint density at radius 3 is 2.29 bits per heavy atom. The van der Waals surface area contributed by atoms with Gasteiger partial charge in [-0.15, -0.1) is 0 Å². The van der Waals surface area contributed by atoms with Gasteiger partial charge in [-0.3, -0.25) is 0 Å². The minimum atomic E-state index is -0.194. The maximum absolute atomic E-state index is 12.1. The molecule has 0 aromatic heterocycles. The first-order valence-corrected chi connectivity index (χ1v) is 7.77. The number of aryl methyl sites for hydroxylation is 2. The van der Waals surface area contributed by atoms with E-state index in [0.29, 0.717) is 0 Å². The van der Waals surface area contributed by atoms with Crippen molar-refractivity contribution in [2.75, 3.05) is 0 Å². The lowest BCUT2D eigenvalue weighted by Gasteiger charge is -2.27. The Morgan fingerprint density at radius 2 is 1.71 bits per heavy atom. The van der Waals surface area contributed by atoms with E-state index in [2.05, 4.69) is 42.7 Å². The topological polar surface area (TPSA) is 61.4 Å². The van der Waals surface area contributed by atoms with Crippen LogP contribution in [0.2, 0.25) is 0 Å². The molecule has 1 aromatic carbocycles. The Balaban J connectivity index is 1.87. The highest BCUT2D eigenvalue weighted by Gasteiger charge is 2.21. The van der Waals surface area contributed by atoms with Crippen LogP contribution in [0.4, 0.5) is 4.79 Å². The molecular formula is C17H26N2O2. The highest BCUT2D eigenvalue weighted by atomic mass is 16.3. The summed E-state index contributed by atoms with van der Waals surface area (Å²) in [5.74, 6) is 0. The van der Waals surface area contributed by atoms with Crippen molar-refractivity contribution in [3.8, 4) is 0 Å². The molecule has 1 aliphatic rings. The van der Waals surface area contributed by atoms with Crippen LogP contribution in [0, 0.1) is 13.8 Å². The summed E-state index contributed by atoms with van der Waals surface area (Å²) in [5.41, 5.74) is 3.54. The summed E-state index contributed by atoms with van der Waals surface area (Å²) in [5, 5.41) is 15.5. The van der Waals surface area contributed by atoms with Crippen LogP contribution >= 0.6 is 0 Å². The number of benzene rings is 1. The second kappa shape index (κ2) is 6.94. The number of aliphatic hydroxyl groups excluding tert-OH is 1. The van der Waals surface area contributed by atoms with E-state index in [1.54, 1.807) is 0 Å². The molecule has 1 fully saturated rings. The van der Waals surface area contributed by atoms with E-state index >= 15 is 0 Å². The summed E-state index contributed by atoms with van der Waals surface area (Å²) in [6, 6.07) is 6.38. The van der Waals surface area contributed by atoms with E-state index in [9.17, 15) is 9.90 Å². The number of amides is 2. The first kappa shape index (κ1) is 15.8. The minimum absolute atomic E-state index is 0.0159. The second-order valence-corrected chi connectivity index (χ2v) is 6.27. The van der Waals surface area contributed by atoms with Crippen LogP contribution in [0.25, 0.3) is 0 Å². The predicted octanol–water partition coefficient (Wildman–Crippen LogP) is 2.97. The van der Waals surface area contributed by atoms with Gasteiger partial charge in [0.1, 0.15) is 0 Å². The molecule has 1 atom stereocenters. The van der Waals surface area contributed by atoms with Crippen molar-refractivity contribution in [1.29, 1.82) is 0 Å². The Bertz CT molecular complexity index is 473. The zero-order valence-electron chi connectivity index (χ0n) is 13.1. The van der Waals surface area contributed by atoms with Crippen LogP contribution in [-0.4, -0.2) is 23.3 Å². The predicted molar refractivity (Wildman–Crippen MR) is 84.3 cm³/mol. The number of carbonyl (C=O) groups is 1. The molecule has 0 radical (unpaired) electrons. The second-order valence-electron chi connectivity index (χ2n) is 6.27. The summed E-state index contributed by atoms with van der Waals surface area (Å²) in [7, 11) is 0. The number of carbonyl (C=O) groups excluding carboxylic acids is 1. The van der Waals surface area contributed by atoms with Crippen LogP contribution in [0.5, 0.6) is 0 Å². The standard InChI is InChI=1S/C17H26N2O2/c1-11-8-12(2)10-14(9-11)13(3)18-17(21)19-15-4-6-16(20)7-5-15/h8-10,13,15-16,20H,4-7H2,1-3H3,(H2,18,19,21). The molecule has 0 saturated heterocycles. The molecule has 0 aliphatic heterocycles. The number of hydrogen-bond acceptors (Lipinski definition) is 2. The molecule has 1 unspecified atom stereocenters. The Labute approximate surface area is 126 Å². The SMILES string of the molecule is Cc1cc(C)cc(C(C)NC(=O)NC2CCC(O)CC2)c1. The molecule has 0 bridgehead atoms. The van der Waals surface area contributed by atoms with E-state index < -0.39 is 0 Å². The van der Waals surface area contributed by atoms with Crippen molar-refractivity contribution < 1.29 is 9.90 Å². The molecule has 2 amide bonds. The normalized spacial score (nSPS) is 23.4. The molecule has 2 rings (SSSR count). The van der Waals surface area contributed by atoms with Crippen LogP contribution in [0.1, 0.15) is 55.3 Å². The van der Waals surface area contributed by atoms with Gasteiger partial charge in [0, 0.05) is 6.04 Å². The summed E-state index contributed by atoms with van der Waals surface area (Å²) < 4.78 is 0. The van der Waals surface area contributed by atoms with Gasteiger partial charge in [0.05, 0.1) is 12.1 Å². The van der Waals surface area contributed by atoms with Gasteiger partial charge in [-0.05, 0) is 52.0 Å². The third-order valence-electron chi connectivity index (χ3n) is 4.12. The summed E-state index contributed by atoms with van der Waals surface area (Å²) in [4.78, 5) is 12.1. The van der Waals surface area contributed by atoms with Crippen molar-refractivity contribution >= 4 is 6.03 Å². The molecule has 1 aliphatic carbocycles. The fraction of sp³-hybridized carbons (Fsp3) is 0.588. The van der Waals surface area contributed by atoms with Gasteiger partial charge in [0.2, 0.25) is 0 Å². The Hall–Kier alpha value is -1.55. The van der Waals surface area contributed by atoms with Crippen molar-refractivity contribution in [2.45, 2.75) is 64.6 Å². The highest BCUT2D eigenvalue weighted by molar-refractivity contribution is 5.74. The highest BCUT2D eigenvalue weighted by Crippen LogP contribution is 2.19. The lowest BCUT2D eigenvalue weighted by atomic mass is 9.93. The molecule has 0 spiro atoms. The van der Waals surface area contributed by atoms with Gasteiger partial charge in [0.15, 0.2) is 0 Å². The molecule has 21 heavy (non-hydrogen) atoms. The summed E-state index contributed by atoms with van der Waals surface area (Å²) >= 11 is 0. The van der Waals surface area contributed by atoms with Gasteiger partial charge >= 0.3 is 6.03 Å². The monoisotopic (exact) mass is 290 g/mol. The van der Waals surface area contributed by atoms with E-state index in [4.69, 9.17) is 0 Å². The minimum Gasteiger partial charge on any atom is -0.393 e. The van der Waals surface area contributed by atoms with Gasteiger partial charge in [0.25, 0.3) is 0 Å². The van der Waals surface area contributed by atoms with Crippen molar-refractivity contribution in [1.82, 2.24) is 10.6 Å².